The quantitative estimate of drug-likeness (QED) is 0.385. The number of ether oxygens (including phenoxy) is 1. The molecule has 1 saturated heterocycles. The lowest BCUT2D eigenvalue weighted by atomic mass is 9.91. The Bertz CT molecular complexity index is 1390. The minimum atomic E-state index is -4.52. The van der Waals surface area contributed by atoms with E-state index in [1.807, 2.05) is 32.9 Å². The monoisotopic (exact) mass is 480 g/mol. The van der Waals surface area contributed by atoms with Crippen LogP contribution in [0.15, 0.2) is 36.7 Å². The first-order chi connectivity index (χ1) is 16.7. The Labute approximate surface area is 199 Å². The number of nitrogens with zero attached hydrogens (tertiary/aromatic N) is 6. The van der Waals surface area contributed by atoms with Crippen LogP contribution in [-0.4, -0.2) is 36.5 Å². The van der Waals surface area contributed by atoms with Crippen molar-refractivity contribution in [2.24, 2.45) is 0 Å². The molecule has 10 heteroatoms. The summed E-state index contributed by atoms with van der Waals surface area (Å²) in [7, 11) is 0. The fourth-order valence-electron chi connectivity index (χ4n) is 4.25. The van der Waals surface area contributed by atoms with Crippen molar-refractivity contribution in [3.63, 3.8) is 0 Å². The van der Waals surface area contributed by atoms with E-state index in [0.29, 0.717) is 47.0 Å². The average molecular weight is 480 g/mol. The van der Waals surface area contributed by atoms with Crippen molar-refractivity contribution in [3.05, 3.63) is 70.8 Å². The van der Waals surface area contributed by atoms with Crippen molar-refractivity contribution in [3.8, 4) is 11.3 Å². The second-order valence-corrected chi connectivity index (χ2v) is 8.74. The summed E-state index contributed by atoms with van der Waals surface area (Å²) in [5.41, 5.74) is 4.13. The van der Waals surface area contributed by atoms with Gasteiger partial charge in [-0.05, 0) is 63.4 Å². The summed E-state index contributed by atoms with van der Waals surface area (Å²) < 4.78 is 45.2. The Morgan fingerprint density at radius 3 is 2.46 bits per heavy atom. The zero-order chi connectivity index (χ0) is 24.7. The summed E-state index contributed by atoms with van der Waals surface area (Å²) in [6.07, 6.45) is -0.324. The van der Waals surface area contributed by atoms with Gasteiger partial charge in [-0.2, -0.15) is 13.2 Å². The fraction of sp³-hybridized carbons (Fsp3) is 0.360. The highest BCUT2D eigenvalue weighted by atomic mass is 19.4. The normalized spacial score (nSPS) is 18.7. The van der Waals surface area contributed by atoms with Gasteiger partial charge >= 0.3 is 6.18 Å². The molecule has 0 amide bonds. The van der Waals surface area contributed by atoms with E-state index in [4.69, 9.17) is 14.7 Å². The number of hydrogen-bond donors (Lipinski definition) is 0. The number of rotatable bonds is 3. The first-order valence-corrected chi connectivity index (χ1v) is 11.3. The molecular weight excluding hydrogens is 457 g/mol. The average Bonchev–Trinajstić information content (AvgIpc) is 2.84. The van der Waals surface area contributed by atoms with Gasteiger partial charge in [0.25, 0.3) is 0 Å². The molecule has 180 valence electrons. The second-order valence-electron chi connectivity index (χ2n) is 8.74. The maximum atomic E-state index is 13.1. The Hall–Kier alpha value is -3.53. The van der Waals surface area contributed by atoms with Gasteiger partial charge in [-0.3, -0.25) is 9.97 Å². The maximum absolute atomic E-state index is 13.1. The lowest BCUT2D eigenvalue weighted by Crippen LogP contribution is -2.21. The van der Waals surface area contributed by atoms with Crippen molar-refractivity contribution in [2.75, 3.05) is 6.61 Å². The summed E-state index contributed by atoms with van der Waals surface area (Å²) in [4.78, 5) is 26.6. The van der Waals surface area contributed by atoms with Crippen LogP contribution in [0.5, 0.6) is 0 Å². The number of halogens is 3. The van der Waals surface area contributed by atoms with Crippen LogP contribution in [-0.2, 0) is 10.9 Å². The molecule has 0 bridgehead atoms. The molecule has 7 nitrogen and oxygen atoms in total. The highest BCUT2D eigenvalue weighted by Crippen LogP contribution is 2.38. The zero-order valence-corrected chi connectivity index (χ0v) is 19.5. The molecule has 1 aliphatic heterocycles. The summed E-state index contributed by atoms with van der Waals surface area (Å²) >= 11 is 0. The Morgan fingerprint density at radius 2 is 1.74 bits per heavy atom. The van der Waals surface area contributed by atoms with Gasteiger partial charge in [0.15, 0.2) is 5.65 Å². The van der Waals surface area contributed by atoms with Crippen LogP contribution in [0.4, 0.5) is 13.2 Å². The third kappa shape index (κ3) is 4.70. The third-order valence-corrected chi connectivity index (χ3v) is 6.23. The second kappa shape index (κ2) is 8.92. The molecule has 0 aliphatic carbocycles. The first-order valence-electron chi connectivity index (χ1n) is 11.3. The van der Waals surface area contributed by atoms with Crippen LogP contribution in [0.25, 0.3) is 22.4 Å². The number of alkyl halides is 3. The number of aryl methyl sites for hydroxylation is 3. The molecule has 5 heterocycles. The van der Waals surface area contributed by atoms with Crippen LogP contribution in [0.1, 0.15) is 59.0 Å². The van der Waals surface area contributed by atoms with E-state index >= 15 is 0 Å². The molecule has 1 aliphatic rings. The molecular formula is C25H23F3N6O. The van der Waals surface area contributed by atoms with E-state index in [1.54, 1.807) is 6.20 Å². The van der Waals surface area contributed by atoms with E-state index in [0.717, 1.165) is 29.4 Å². The van der Waals surface area contributed by atoms with Crippen molar-refractivity contribution < 1.29 is 17.9 Å². The Morgan fingerprint density at radius 1 is 0.943 bits per heavy atom. The van der Waals surface area contributed by atoms with Gasteiger partial charge in [0.1, 0.15) is 22.7 Å². The molecule has 35 heavy (non-hydrogen) atoms. The molecule has 4 aromatic heterocycles. The molecule has 0 saturated carbocycles. The fourth-order valence-corrected chi connectivity index (χ4v) is 4.25. The largest absolute Gasteiger partial charge is 0.433 e. The van der Waals surface area contributed by atoms with Crippen molar-refractivity contribution in [1.82, 2.24) is 29.9 Å². The zero-order valence-electron chi connectivity index (χ0n) is 19.5. The van der Waals surface area contributed by atoms with Gasteiger partial charge in [-0.1, -0.05) is 0 Å². The number of hydrogen-bond acceptors (Lipinski definition) is 7. The van der Waals surface area contributed by atoms with Gasteiger partial charge in [-0.25, -0.2) is 19.9 Å². The minimum absolute atomic E-state index is 0.0174. The van der Waals surface area contributed by atoms with Crippen LogP contribution in [0.2, 0.25) is 0 Å². The SMILES string of the molecule is Cc1cc([C@H]2C[C@@H](c3nc(-c4ccc(C(F)(F)F)nc4)c4nc(C)c(C)nc4n3)CCO2)ccn1. The van der Waals surface area contributed by atoms with Crippen molar-refractivity contribution in [1.29, 1.82) is 0 Å². The lowest BCUT2D eigenvalue weighted by Gasteiger charge is -2.29. The van der Waals surface area contributed by atoms with Gasteiger partial charge in [0.05, 0.1) is 17.5 Å². The molecule has 4 aromatic rings. The topological polar surface area (TPSA) is 86.6 Å². The van der Waals surface area contributed by atoms with E-state index < -0.39 is 11.9 Å². The molecule has 0 N–H and O–H groups in total. The van der Waals surface area contributed by atoms with E-state index in [2.05, 4.69) is 19.9 Å². The molecule has 0 radical (unpaired) electrons. The number of pyridine rings is 2. The highest BCUT2D eigenvalue weighted by Gasteiger charge is 2.32. The minimum Gasteiger partial charge on any atom is -0.373 e. The summed E-state index contributed by atoms with van der Waals surface area (Å²) in [6.45, 7) is 6.14. The van der Waals surface area contributed by atoms with E-state index in [-0.39, 0.29) is 12.0 Å². The maximum Gasteiger partial charge on any atom is 0.433 e. The predicted molar refractivity (Wildman–Crippen MR) is 122 cm³/mol. The third-order valence-electron chi connectivity index (χ3n) is 6.23. The predicted octanol–water partition coefficient (Wildman–Crippen LogP) is 5.46. The van der Waals surface area contributed by atoms with Crippen LogP contribution in [0.3, 0.4) is 0 Å². The summed E-state index contributed by atoms with van der Waals surface area (Å²) in [5, 5.41) is 0. The molecule has 0 spiro atoms. The Kier molecular flexibility index (Phi) is 5.92. The molecule has 0 unspecified atom stereocenters. The van der Waals surface area contributed by atoms with E-state index in [1.165, 1.54) is 12.3 Å². The molecule has 0 aromatic carbocycles. The van der Waals surface area contributed by atoms with Gasteiger partial charge in [0, 0.05) is 36.2 Å². The van der Waals surface area contributed by atoms with Crippen LogP contribution in [0, 0.1) is 20.8 Å². The first kappa shape index (κ1) is 23.2. The highest BCUT2D eigenvalue weighted by molar-refractivity contribution is 5.86. The molecule has 1 fully saturated rings. The van der Waals surface area contributed by atoms with Gasteiger partial charge < -0.3 is 4.74 Å². The van der Waals surface area contributed by atoms with E-state index in [9.17, 15) is 13.2 Å². The van der Waals surface area contributed by atoms with Crippen LogP contribution < -0.4 is 0 Å². The number of fused-ring (bicyclic) bond motifs is 1. The number of aromatic nitrogens is 6. The van der Waals surface area contributed by atoms with Crippen molar-refractivity contribution >= 4 is 11.2 Å². The van der Waals surface area contributed by atoms with Crippen molar-refractivity contribution in [2.45, 2.75) is 51.8 Å². The lowest BCUT2D eigenvalue weighted by molar-refractivity contribution is -0.141. The standard InChI is InChI=1S/C25H23F3N6O/c1-13-10-16(6-8-29-13)19-11-17(7-9-35-19)23-33-21(18-4-5-20(30-12-18)25(26,27)28)22-24(34-23)32-15(3)14(2)31-22/h4-6,8,10,12,17,19H,7,9,11H2,1-3H3/t17-,19+/m0/s1. The van der Waals surface area contributed by atoms with Gasteiger partial charge in [-0.15, -0.1) is 0 Å². The molecule has 5 rings (SSSR count). The summed E-state index contributed by atoms with van der Waals surface area (Å²) in [6, 6.07) is 6.27. The van der Waals surface area contributed by atoms with Gasteiger partial charge in [0.2, 0.25) is 0 Å². The van der Waals surface area contributed by atoms with Crippen LogP contribution >= 0.6 is 0 Å². The molecule has 2 atom stereocenters. The smallest absolute Gasteiger partial charge is 0.373 e. The Balaban J connectivity index is 1.58. The summed E-state index contributed by atoms with van der Waals surface area (Å²) in [5.74, 6) is 0.556.